The highest BCUT2D eigenvalue weighted by Crippen LogP contribution is 2.34. The van der Waals surface area contributed by atoms with Crippen LogP contribution in [0.3, 0.4) is 0 Å². The molecule has 2 heterocycles. The van der Waals surface area contributed by atoms with E-state index < -0.39 is 0 Å². The van der Waals surface area contributed by atoms with Crippen molar-refractivity contribution >= 4 is 11.4 Å². The molecule has 2 heteroatoms. The molecule has 2 nitrogen and oxygen atoms in total. The highest BCUT2D eigenvalue weighted by atomic mass is 15.1. The van der Waals surface area contributed by atoms with Crippen LogP contribution in [0.4, 0.5) is 11.4 Å². The van der Waals surface area contributed by atoms with E-state index in [1.54, 1.807) is 0 Å². The summed E-state index contributed by atoms with van der Waals surface area (Å²) in [5.41, 5.74) is 4.37. The standard InChI is InChI=1S/C16H24N2/c1-13-5-4-11-18(12-9-13)15-8-2-6-14-7-3-10-17-16(14)15/h2,6,8,13,17H,3-5,7,9-12H2,1H3. The minimum atomic E-state index is 0.891. The summed E-state index contributed by atoms with van der Waals surface area (Å²) in [5.74, 6) is 0.891. The van der Waals surface area contributed by atoms with E-state index in [2.05, 4.69) is 35.3 Å². The Morgan fingerprint density at radius 3 is 3.06 bits per heavy atom. The molecule has 98 valence electrons. The zero-order valence-corrected chi connectivity index (χ0v) is 11.4. The van der Waals surface area contributed by atoms with Gasteiger partial charge in [-0.1, -0.05) is 19.1 Å². The Morgan fingerprint density at radius 2 is 2.11 bits per heavy atom. The normalized spacial score (nSPS) is 24.1. The molecule has 0 saturated carbocycles. The van der Waals surface area contributed by atoms with Crippen LogP contribution in [-0.2, 0) is 6.42 Å². The van der Waals surface area contributed by atoms with Crippen molar-refractivity contribution in [1.29, 1.82) is 0 Å². The third kappa shape index (κ3) is 2.33. The van der Waals surface area contributed by atoms with Gasteiger partial charge >= 0.3 is 0 Å². The average Bonchev–Trinajstić information content (AvgIpc) is 2.63. The van der Waals surface area contributed by atoms with Gasteiger partial charge in [0.1, 0.15) is 0 Å². The number of hydrogen-bond acceptors (Lipinski definition) is 2. The summed E-state index contributed by atoms with van der Waals surface area (Å²) in [7, 11) is 0. The summed E-state index contributed by atoms with van der Waals surface area (Å²) in [5, 5.41) is 3.62. The molecule has 0 aromatic heterocycles. The van der Waals surface area contributed by atoms with Crippen LogP contribution in [0.25, 0.3) is 0 Å². The molecule has 1 saturated heterocycles. The van der Waals surface area contributed by atoms with Crippen LogP contribution in [-0.4, -0.2) is 19.6 Å². The largest absolute Gasteiger partial charge is 0.383 e. The number of benzene rings is 1. The van der Waals surface area contributed by atoms with Gasteiger partial charge in [0.15, 0.2) is 0 Å². The first kappa shape index (κ1) is 11.9. The monoisotopic (exact) mass is 244 g/mol. The first-order valence-electron chi connectivity index (χ1n) is 7.45. The van der Waals surface area contributed by atoms with Gasteiger partial charge in [0.2, 0.25) is 0 Å². The highest BCUT2D eigenvalue weighted by Gasteiger charge is 2.19. The van der Waals surface area contributed by atoms with Crippen LogP contribution >= 0.6 is 0 Å². The van der Waals surface area contributed by atoms with Crippen molar-refractivity contribution in [1.82, 2.24) is 0 Å². The number of aryl methyl sites for hydroxylation is 1. The minimum absolute atomic E-state index is 0.891. The van der Waals surface area contributed by atoms with E-state index in [1.807, 2.05) is 0 Å². The lowest BCUT2D eigenvalue weighted by atomic mass is 10.0. The Hall–Kier alpha value is -1.18. The minimum Gasteiger partial charge on any atom is -0.383 e. The van der Waals surface area contributed by atoms with Gasteiger partial charge in [0.25, 0.3) is 0 Å². The molecule has 2 aliphatic heterocycles. The Bertz CT molecular complexity index is 414. The fourth-order valence-electron chi connectivity index (χ4n) is 3.26. The molecule has 1 unspecified atom stereocenters. The van der Waals surface area contributed by atoms with Gasteiger partial charge in [-0.05, 0) is 49.7 Å². The molecule has 0 spiro atoms. The second kappa shape index (κ2) is 5.21. The van der Waals surface area contributed by atoms with E-state index in [4.69, 9.17) is 0 Å². The number of nitrogens with zero attached hydrogens (tertiary/aromatic N) is 1. The predicted molar refractivity (Wildman–Crippen MR) is 78.5 cm³/mol. The molecule has 1 atom stereocenters. The van der Waals surface area contributed by atoms with E-state index in [-0.39, 0.29) is 0 Å². The summed E-state index contributed by atoms with van der Waals surface area (Å²) < 4.78 is 0. The second-order valence-corrected chi connectivity index (χ2v) is 5.86. The first-order chi connectivity index (χ1) is 8.84. The second-order valence-electron chi connectivity index (χ2n) is 5.86. The highest BCUT2D eigenvalue weighted by molar-refractivity contribution is 5.74. The number of nitrogens with one attached hydrogen (secondary N) is 1. The number of fused-ring (bicyclic) bond motifs is 1. The van der Waals surface area contributed by atoms with Crippen molar-refractivity contribution in [2.75, 3.05) is 29.9 Å². The quantitative estimate of drug-likeness (QED) is 0.811. The van der Waals surface area contributed by atoms with Gasteiger partial charge in [-0.2, -0.15) is 0 Å². The third-order valence-electron chi connectivity index (χ3n) is 4.41. The van der Waals surface area contributed by atoms with Crippen LogP contribution in [0.15, 0.2) is 18.2 Å². The van der Waals surface area contributed by atoms with E-state index in [0.717, 1.165) is 12.5 Å². The van der Waals surface area contributed by atoms with Crippen LogP contribution in [0.1, 0.15) is 38.2 Å². The Labute approximate surface area is 110 Å². The van der Waals surface area contributed by atoms with Crippen LogP contribution < -0.4 is 10.2 Å². The van der Waals surface area contributed by atoms with Gasteiger partial charge in [-0.15, -0.1) is 0 Å². The molecule has 0 aliphatic carbocycles. The zero-order valence-electron chi connectivity index (χ0n) is 11.4. The van der Waals surface area contributed by atoms with Crippen molar-refractivity contribution in [2.45, 2.75) is 39.0 Å². The molecule has 0 amide bonds. The Morgan fingerprint density at radius 1 is 1.17 bits per heavy atom. The van der Waals surface area contributed by atoms with Crippen LogP contribution in [0.5, 0.6) is 0 Å². The molecule has 1 fully saturated rings. The molecular formula is C16H24N2. The summed E-state index contributed by atoms with van der Waals surface area (Å²) in [6.07, 6.45) is 6.57. The van der Waals surface area contributed by atoms with Crippen molar-refractivity contribution < 1.29 is 0 Å². The lowest BCUT2D eigenvalue weighted by Crippen LogP contribution is -2.26. The van der Waals surface area contributed by atoms with Gasteiger partial charge in [0, 0.05) is 19.6 Å². The lowest BCUT2D eigenvalue weighted by Gasteiger charge is -2.29. The zero-order chi connectivity index (χ0) is 12.4. The molecule has 3 rings (SSSR count). The Kier molecular flexibility index (Phi) is 3.44. The first-order valence-corrected chi connectivity index (χ1v) is 7.45. The van der Waals surface area contributed by atoms with E-state index in [1.165, 1.54) is 62.1 Å². The molecule has 0 bridgehead atoms. The smallest absolute Gasteiger partial charge is 0.0610 e. The van der Waals surface area contributed by atoms with Crippen LogP contribution in [0, 0.1) is 5.92 Å². The van der Waals surface area contributed by atoms with Gasteiger partial charge in [-0.3, -0.25) is 0 Å². The third-order valence-corrected chi connectivity index (χ3v) is 4.41. The average molecular weight is 244 g/mol. The summed E-state index contributed by atoms with van der Waals surface area (Å²) in [6, 6.07) is 6.81. The number of anilines is 2. The number of para-hydroxylation sites is 1. The molecule has 0 radical (unpaired) electrons. The van der Waals surface area contributed by atoms with Crippen molar-refractivity contribution in [2.24, 2.45) is 5.92 Å². The molecule has 1 aromatic carbocycles. The fraction of sp³-hybridized carbons (Fsp3) is 0.625. The van der Waals surface area contributed by atoms with E-state index in [9.17, 15) is 0 Å². The van der Waals surface area contributed by atoms with E-state index >= 15 is 0 Å². The topological polar surface area (TPSA) is 15.3 Å². The number of rotatable bonds is 1. The molecule has 2 aliphatic rings. The molecule has 1 N–H and O–H groups in total. The maximum atomic E-state index is 3.62. The van der Waals surface area contributed by atoms with Gasteiger partial charge in [0.05, 0.1) is 11.4 Å². The summed E-state index contributed by atoms with van der Waals surface area (Å²) in [6.45, 7) is 5.97. The fourth-order valence-corrected chi connectivity index (χ4v) is 3.26. The van der Waals surface area contributed by atoms with E-state index in [0.29, 0.717) is 0 Å². The number of hydrogen-bond donors (Lipinski definition) is 1. The predicted octanol–water partition coefficient (Wildman–Crippen LogP) is 3.67. The van der Waals surface area contributed by atoms with Gasteiger partial charge < -0.3 is 10.2 Å². The maximum absolute atomic E-state index is 3.62. The van der Waals surface area contributed by atoms with Crippen LogP contribution in [0.2, 0.25) is 0 Å². The lowest BCUT2D eigenvalue weighted by molar-refractivity contribution is 0.521. The SMILES string of the molecule is CC1CCCN(c2cccc3c2NCCC3)CC1. The van der Waals surface area contributed by atoms with Crippen molar-refractivity contribution in [3.63, 3.8) is 0 Å². The Balaban J connectivity index is 1.87. The maximum Gasteiger partial charge on any atom is 0.0610 e. The van der Waals surface area contributed by atoms with Crippen molar-refractivity contribution in [3.05, 3.63) is 23.8 Å². The van der Waals surface area contributed by atoms with Crippen molar-refractivity contribution in [3.8, 4) is 0 Å². The summed E-state index contributed by atoms with van der Waals surface area (Å²) >= 11 is 0. The van der Waals surface area contributed by atoms with Gasteiger partial charge in [-0.25, -0.2) is 0 Å². The molecule has 18 heavy (non-hydrogen) atoms. The summed E-state index contributed by atoms with van der Waals surface area (Å²) in [4.78, 5) is 2.60. The molecular weight excluding hydrogens is 220 g/mol. The molecule has 1 aromatic rings.